The normalized spacial score (nSPS) is 18.4. The first-order chi connectivity index (χ1) is 16.5. The lowest BCUT2D eigenvalue weighted by Crippen LogP contribution is -2.43. The van der Waals surface area contributed by atoms with Crippen LogP contribution in [0.3, 0.4) is 0 Å². The topological polar surface area (TPSA) is 93.5 Å². The van der Waals surface area contributed by atoms with E-state index in [0.717, 1.165) is 36.2 Å². The fourth-order valence-electron chi connectivity index (χ4n) is 4.77. The maximum atomic E-state index is 13.4. The van der Waals surface area contributed by atoms with Crippen LogP contribution in [0.2, 0.25) is 0 Å². The van der Waals surface area contributed by atoms with E-state index in [1.807, 2.05) is 30.3 Å². The number of methoxy groups -OCH3 is 1. The van der Waals surface area contributed by atoms with E-state index in [1.165, 1.54) is 11.4 Å². The van der Waals surface area contributed by atoms with Crippen molar-refractivity contribution >= 4 is 21.7 Å². The smallest absolute Gasteiger partial charge is 0.243 e. The van der Waals surface area contributed by atoms with Gasteiger partial charge >= 0.3 is 0 Å². The summed E-state index contributed by atoms with van der Waals surface area (Å²) in [7, 11) is -2.16. The Morgan fingerprint density at radius 2 is 1.82 bits per heavy atom. The highest BCUT2D eigenvalue weighted by atomic mass is 32.2. The van der Waals surface area contributed by atoms with Gasteiger partial charge in [0.1, 0.15) is 11.6 Å². The van der Waals surface area contributed by atoms with E-state index in [0.29, 0.717) is 31.0 Å². The summed E-state index contributed by atoms with van der Waals surface area (Å²) in [6.45, 7) is 0.553. The van der Waals surface area contributed by atoms with Crippen molar-refractivity contribution in [2.75, 3.05) is 25.5 Å². The molecular weight excluding hydrogens is 452 g/mol. The van der Waals surface area contributed by atoms with Crippen molar-refractivity contribution in [3.63, 3.8) is 0 Å². The van der Waals surface area contributed by atoms with Gasteiger partial charge in [-0.15, -0.1) is 0 Å². The predicted octanol–water partition coefficient (Wildman–Crippen LogP) is 3.41. The van der Waals surface area contributed by atoms with Crippen LogP contribution < -0.4 is 10.1 Å². The Kier molecular flexibility index (Phi) is 6.14. The van der Waals surface area contributed by atoms with Gasteiger partial charge in [-0.25, -0.2) is 13.1 Å². The molecule has 178 valence electrons. The average Bonchev–Trinajstić information content (AvgIpc) is 3.47. The maximum absolute atomic E-state index is 13.4. The Labute approximate surface area is 199 Å². The Balaban J connectivity index is 1.36. The van der Waals surface area contributed by atoms with Gasteiger partial charge < -0.3 is 10.1 Å². The standard InChI is InChI=1S/C25H28N4O4S/c1-33-20-12-14-21(15-13-20)34(31,32)28-16-6-7-18(17-28)25(30)26-24-22-10-5-11-23(22)27-29(24)19-8-3-2-4-9-19/h2-4,8-9,12-15,18H,5-7,10-11,16-17H2,1H3,(H,26,30). The van der Waals surface area contributed by atoms with Crippen LogP contribution in [0.25, 0.3) is 5.69 Å². The van der Waals surface area contributed by atoms with Crippen molar-refractivity contribution in [2.45, 2.75) is 37.0 Å². The van der Waals surface area contributed by atoms with Crippen molar-refractivity contribution in [2.24, 2.45) is 5.92 Å². The number of carbonyl (C=O) groups is 1. The number of nitrogens with zero attached hydrogens (tertiary/aromatic N) is 3. The molecule has 8 nitrogen and oxygen atoms in total. The summed E-state index contributed by atoms with van der Waals surface area (Å²) < 4.78 is 34.8. The number of hydrogen-bond donors (Lipinski definition) is 1. The van der Waals surface area contributed by atoms with Gasteiger partial charge in [-0.3, -0.25) is 4.79 Å². The predicted molar refractivity (Wildman–Crippen MR) is 129 cm³/mol. The van der Waals surface area contributed by atoms with Gasteiger partial charge in [0, 0.05) is 18.7 Å². The molecule has 1 unspecified atom stereocenters. The summed E-state index contributed by atoms with van der Waals surface area (Å²) in [5.74, 6) is 0.704. The summed E-state index contributed by atoms with van der Waals surface area (Å²) in [5.41, 5.74) is 2.99. The zero-order valence-corrected chi connectivity index (χ0v) is 19.9. The average molecular weight is 481 g/mol. The molecular formula is C25H28N4O4S. The van der Waals surface area contributed by atoms with Crippen LogP contribution in [0, 0.1) is 5.92 Å². The van der Waals surface area contributed by atoms with Crippen LogP contribution in [-0.2, 0) is 27.7 Å². The van der Waals surface area contributed by atoms with Gasteiger partial charge in [0.2, 0.25) is 15.9 Å². The number of anilines is 1. The van der Waals surface area contributed by atoms with Crippen molar-refractivity contribution in [3.05, 3.63) is 65.9 Å². The molecule has 2 heterocycles. The molecule has 1 atom stereocenters. The monoisotopic (exact) mass is 480 g/mol. The molecule has 34 heavy (non-hydrogen) atoms. The van der Waals surface area contributed by atoms with Crippen molar-refractivity contribution in [3.8, 4) is 11.4 Å². The molecule has 9 heteroatoms. The molecule has 1 saturated heterocycles. The molecule has 1 fully saturated rings. The lowest BCUT2D eigenvalue weighted by Gasteiger charge is -2.31. The van der Waals surface area contributed by atoms with Crippen molar-refractivity contribution in [1.29, 1.82) is 0 Å². The first-order valence-corrected chi connectivity index (χ1v) is 13.0. The summed E-state index contributed by atoms with van der Waals surface area (Å²) in [4.78, 5) is 13.6. The molecule has 3 aromatic rings. The number of fused-ring (bicyclic) bond motifs is 1. The van der Waals surface area contributed by atoms with E-state index in [2.05, 4.69) is 5.32 Å². The number of benzene rings is 2. The number of aromatic nitrogens is 2. The van der Waals surface area contributed by atoms with Gasteiger partial charge in [-0.1, -0.05) is 18.2 Å². The third-order valence-corrected chi connectivity index (χ3v) is 8.48. The Hall–Kier alpha value is -3.17. The Bertz CT molecular complexity index is 1290. The highest BCUT2D eigenvalue weighted by Gasteiger charge is 2.34. The number of aryl methyl sites for hydroxylation is 1. The van der Waals surface area contributed by atoms with Crippen LogP contribution in [0.15, 0.2) is 59.5 Å². The van der Waals surface area contributed by atoms with Crippen LogP contribution in [-0.4, -0.2) is 48.6 Å². The van der Waals surface area contributed by atoms with E-state index in [1.54, 1.807) is 28.9 Å². The molecule has 1 aliphatic carbocycles. The molecule has 0 saturated carbocycles. The number of hydrogen-bond acceptors (Lipinski definition) is 5. The number of ether oxygens (including phenoxy) is 1. The number of nitrogens with one attached hydrogen (secondary N) is 1. The van der Waals surface area contributed by atoms with Gasteiger partial charge in [0.05, 0.1) is 29.3 Å². The summed E-state index contributed by atoms with van der Waals surface area (Å²) >= 11 is 0. The quantitative estimate of drug-likeness (QED) is 0.584. The zero-order chi connectivity index (χ0) is 23.7. The number of piperidine rings is 1. The third-order valence-electron chi connectivity index (χ3n) is 6.60. The molecule has 0 bridgehead atoms. The van der Waals surface area contributed by atoms with E-state index in [4.69, 9.17) is 9.84 Å². The maximum Gasteiger partial charge on any atom is 0.243 e. The van der Waals surface area contributed by atoms with Crippen LogP contribution in [0.1, 0.15) is 30.5 Å². The first kappa shape index (κ1) is 22.6. The lowest BCUT2D eigenvalue weighted by atomic mass is 9.99. The molecule has 1 N–H and O–H groups in total. The van der Waals surface area contributed by atoms with Crippen molar-refractivity contribution < 1.29 is 17.9 Å². The molecule has 0 radical (unpaired) electrons. The molecule has 1 amide bonds. The fourth-order valence-corrected chi connectivity index (χ4v) is 6.29. The van der Waals surface area contributed by atoms with E-state index >= 15 is 0 Å². The second-order valence-corrected chi connectivity index (χ2v) is 10.7. The molecule has 5 rings (SSSR count). The van der Waals surface area contributed by atoms with Gasteiger partial charge in [0.25, 0.3) is 0 Å². The van der Waals surface area contributed by atoms with Crippen LogP contribution >= 0.6 is 0 Å². The van der Waals surface area contributed by atoms with E-state index < -0.39 is 15.9 Å². The molecule has 0 spiro atoms. The molecule has 2 aromatic carbocycles. The minimum Gasteiger partial charge on any atom is -0.497 e. The van der Waals surface area contributed by atoms with E-state index in [-0.39, 0.29) is 17.3 Å². The highest BCUT2D eigenvalue weighted by molar-refractivity contribution is 7.89. The second kappa shape index (κ2) is 9.23. The van der Waals surface area contributed by atoms with Crippen molar-refractivity contribution in [1.82, 2.24) is 14.1 Å². The Morgan fingerprint density at radius 1 is 1.06 bits per heavy atom. The number of carbonyl (C=O) groups excluding carboxylic acids is 1. The minimum atomic E-state index is -3.70. The molecule has 1 aromatic heterocycles. The number of amides is 1. The summed E-state index contributed by atoms with van der Waals surface area (Å²) in [6, 6.07) is 16.1. The highest BCUT2D eigenvalue weighted by Crippen LogP contribution is 2.32. The SMILES string of the molecule is COc1ccc(S(=O)(=O)N2CCCC(C(=O)Nc3c4c(nn3-c3ccccc3)CCC4)C2)cc1. The second-order valence-electron chi connectivity index (χ2n) is 8.74. The number of para-hydroxylation sites is 1. The Morgan fingerprint density at radius 3 is 2.56 bits per heavy atom. The molecule has 2 aliphatic rings. The van der Waals surface area contributed by atoms with E-state index in [9.17, 15) is 13.2 Å². The largest absolute Gasteiger partial charge is 0.497 e. The van der Waals surface area contributed by atoms with Crippen LogP contribution in [0.4, 0.5) is 5.82 Å². The third kappa shape index (κ3) is 4.21. The van der Waals surface area contributed by atoms with Crippen LogP contribution in [0.5, 0.6) is 5.75 Å². The zero-order valence-electron chi connectivity index (χ0n) is 19.1. The first-order valence-electron chi connectivity index (χ1n) is 11.6. The summed E-state index contributed by atoms with van der Waals surface area (Å²) in [5, 5.41) is 7.86. The summed E-state index contributed by atoms with van der Waals surface area (Å²) in [6.07, 6.45) is 4.06. The molecule has 1 aliphatic heterocycles. The number of rotatable bonds is 6. The van der Waals surface area contributed by atoms with Gasteiger partial charge in [-0.05, 0) is 68.5 Å². The minimum absolute atomic E-state index is 0.155. The number of sulfonamides is 1. The lowest BCUT2D eigenvalue weighted by molar-refractivity contribution is -0.120. The van der Waals surface area contributed by atoms with Gasteiger partial charge in [-0.2, -0.15) is 9.40 Å². The van der Waals surface area contributed by atoms with Gasteiger partial charge in [0.15, 0.2) is 0 Å². The fraction of sp³-hybridized carbons (Fsp3) is 0.360.